The highest BCUT2D eigenvalue weighted by Gasteiger charge is 2.22. The monoisotopic (exact) mass is 211 g/mol. The van der Waals surface area contributed by atoms with Crippen molar-refractivity contribution in [1.29, 1.82) is 10.5 Å². The summed E-state index contributed by atoms with van der Waals surface area (Å²) >= 11 is 0. The van der Waals surface area contributed by atoms with Crippen molar-refractivity contribution in [2.24, 2.45) is 5.92 Å². The molecule has 0 saturated carbocycles. The molecule has 2 rings (SSSR count). The van der Waals surface area contributed by atoms with Gasteiger partial charge in [0.05, 0.1) is 35.6 Å². The van der Waals surface area contributed by atoms with Gasteiger partial charge in [-0.15, -0.1) is 0 Å². The summed E-state index contributed by atoms with van der Waals surface area (Å²) in [6.45, 7) is 0. The summed E-state index contributed by atoms with van der Waals surface area (Å²) in [5.74, 6) is -1.85. The van der Waals surface area contributed by atoms with Gasteiger partial charge in [-0.05, 0) is 0 Å². The van der Waals surface area contributed by atoms with Crippen LogP contribution in [-0.2, 0) is 0 Å². The number of nitrogens with zero attached hydrogens (tertiary/aromatic N) is 5. The maximum absolute atomic E-state index is 11.8. The molecular formula is C10H5N5O. The van der Waals surface area contributed by atoms with Crippen LogP contribution in [0.5, 0.6) is 0 Å². The molecule has 0 unspecified atom stereocenters. The van der Waals surface area contributed by atoms with Gasteiger partial charge in [0, 0.05) is 12.4 Å². The minimum absolute atomic E-state index is 0.237. The Balaban J connectivity index is 2.54. The van der Waals surface area contributed by atoms with Crippen molar-refractivity contribution >= 4 is 11.3 Å². The van der Waals surface area contributed by atoms with Crippen LogP contribution in [0.4, 0.5) is 0 Å². The zero-order valence-electron chi connectivity index (χ0n) is 8.03. The van der Waals surface area contributed by atoms with Gasteiger partial charge in [0.25, 0.3) is 0 Å². The molecule has 0 N–H and O–H groups in total. The third-order valence-electron chi connectivity index (χ3n) is 2.11. The molecule has 2 aromatic rings. The van der Waals surface area contributed by atoms with Crippen molar-refractivity contribution in [3.63, 3.8) is 0 Å². The summed E-state index contributed by atoms with van der Waals surface area (Å²) in [6.07, 6.45) is 5.91. The highest BCUT2D eigenvalue weighted by molar-refractivity contribution is 6.05. The van der Waals surface area contributed by atoms with Crippen LogP contribution >= 0.6 is 0 Å². The van der Waals surface area contributed by atoms with Crippen molar-refractivity contribution in [2.75, 3.05) is 0 Å². The predicted molar refractivity (Wildman–Crippen MR) is 52.0 cm³/mol. The fourth-order valence-electron chi connectivity index (χ4n) is 1.33. The summed E-state index contributed by atoms with van der Waals surface area (Å²) in [4.78, 5) is 15.6. The van der Waals surface area contributed by atoms with Crippen molar-refractivity contribution in [1.82, 2.24) is 14.6 Å². The van der Waals surface area contributed by atoms with Gasteiger partial charge >= 0.3 is 0 Å². The molecule has 2 heterocycles. The summed E-state index contributed by atoms with van der Waals surface area (Å²) in [5, 5.41) is 21.2. The molecule has 0 fully saturated rings. The first-order valence-electron chi connectivity index (χ1n) is 4.38. The van der Waals surface area contributed by atoms with E-state index in [2.05, 4.69) is 10.1 Å². The molecule has 0 spiro atoms. The Bertz CT molecular complexity index is 616. The Morgan fingerprint density at radius 2 is 2.12 bits per heavy atom. The van der Waals surface area contributed by atoms with Crippen LogP contribution < -0.4 is 0 Å². The van der Waals surface area contributed by atoms with E-state index >= 15 is 0 Å². The van der Waals surface area contributed by atoms with E-state index in [-0.39, 0.29) is 5.56 Å². The van der Waals surface area contributed by atoms with Gasteiger partial charge < -0.3 is 0 Å². The Hall–Kier alpha value is -2.73. The molecule has 0 bridgehead atoms. The molecule has 0 atom stereocenters. The number of nitriles is 2. The molecule has 0 aromatic carbocycles. The second-order valence-corrected chi connectivity index (χ2v) is 3.02. The van der Waals surface area contributed by atoms with E-state index in [0.717, 1.165) is 0 Å². The van der Waals surface area contributed by atoms with Crippen molar-refractivity contribution in [3.8, 4) is 12.1 Å². The predicted octanol–water partition coefficient (Wildman–Crippen LogP) is 0.575. The average molecular weight is 211 g/mol. The molecular weight excluding hydrogens is 206 g/mol. The topological polar surface area (TPSA) is 94.8 Å². The third kappa shape index (κ3) is 1.39. The number of hydrogen-bond donors (Lipinski definition) is 0. The maximum atomic E-state index is 11.8. The number of rotatable bonds is 2. The van der Waals surface area contributed by atoms with Gasteiger partial charge in [-0.2, -0.15) is 15.6 Å². The Labute approximate surface area is 90.4 Å². The number of fused-ring (bicyclic) bond motifs is 1. The highest BCUT2D eigenvalue weighted by atomic mass is 16.1. The quantitative estimate of drug-likeness (QED) is 0.677. The molecule has 16 heavy (non-hydrogen) atoms. The lowest BCUT2D eigenvalue weighted by molar-refractivity contribution is 0.0972. The summed E-state index contributed by atoms with van der Waals surface area (Å²) in [7, 11) is 0. The lowest BCUT2D eigenvalue weighted by Crippen LogP contribution is -2.10. The van der Waals surface area contributed by atoms with E-state index < -0.39 is 11.7 Å². The molecule has 2 aromatic heterocycles. The van der Waals surface area contributed by atoms with Crippen LogP contribution in [0.15, 0.2) is 24.8 Å². The number of carbonyl (C=O) groups is 1. The van der Waals surface area contributed by atoms with Crippen LogP contribution in [-0.4, -0.2) is 20.4 Å². The summed E-state index contributed by atoms with van der Waals surface area (Å²) in [6, 6.07) is 3.27. The molecule has 0 radical (unpaired) electrons. The maximum Gasteiger partial charge on any atom is 0.198 e. The van der Waals surface area contributed by atoms with Gasteiger partial charge in [0.2, 0.25) is 0 Å². The van der Waals surface area contributed by atoms with Crippen molar-refractivity contribution in [2.45, 2.75) is 0 Å². The largest absolute Gasteiger partial charge is 0.291 e. The molecule has 0 aliphatic heterocycles. The first-order valence-corrected chi connectivity index (χ1v) is 4.38. The van der Waals surface area contributed by atoms with Crippen LogP contribution in [0.2, 0.25) is 0 Å². The third-order valence-corrected chi connectivity index (χ3v) is 2.11. The van der Waals surface area contributed by atoms with E-state index in [4.69, 9.17) is 10.5 Å². The van der Waals surface area contributed by atoms with Crippen LogP contribution in [0.3, 0.4) is 0 Å². The molecule has 0 amide bonds. The lowest BCUT2D eigenvalue weighted by atomic mass is 10.0. The van der Waals surface area contributed by atoms with E-state index in [9.17, 15) is 4.79 Å². The minimum atomic E-state index is -1.30. The van der Waals surface area contributed by atoms with E-state index in [0.29, 0.717) is 5.52 Å². The smallest absolute Gasteiger partial charge is 0.198 e. The zero-order chi connectivity index (χ0) is 11.5. The van der Waals surface area contributed by atoms with E-state index in [1.54, 1.807) is 18.3 Å². The molecule has 0 aliphatic carbocycles. The number of aromatic nitrogens is 3. The Morgan fingerprint density at radius 1 is 1.38 bits per heavy atom. The van der Waals surface area contributed by atoms with Crippen LogP contribution in [0.1, 0.15) is 10.4 Å². The Kier molecular flexibility index (Phi) is 2.33. The second-order valence-electron chi connectivity index (χ2n) is 3.02. The SMILES string of the molecule is N#CC(C#N)C(=O)c1cnn2ccncc12. The number of carbonyl (C=O) groups excluding carboxylic acids is 1. The summed E-state index contributed by atoms with van der Waals surface area (Å²) < 4.78 is 1.46. The van der Waals surface area contributed by atoms with Gasteiger partial charge in [0.15, 0.2) is 11.7 Å². The fourth-order valence-corrected chi connectivity index (χ4v) is 1.33. The molecule has 76 valence electrons. The number of Topliss-reactive ketones (excluding diaryl/α,β-unsaturated/α-hetero) is 1. The van der Waals surface area contributed by atoms with Crippen molar-refractivity contribution in [3.05, 3.63) is 30.4 Å². The van der Waals surface area contributed by atoms with Gasteiger partial charge in [-0.25, -0.2) is 4.52 Å². The summed E-state index contributed by atoms with van der Waals surface area (Å²) in [5.41, 5.74) is 0.726. The highest BCUT2D eigenvalue weighted by Crippen LogP contribution is 2.13. The first kappa shape index (κ1) is 9.81. The van der Waals surface area contributed by atoms with Gasteiger partial charge in [-0.3, -0.25) is 9.78 Å². The zero-order valence-corrected chi connectivity index (χ0v) is 8.03. The average Bonchev–Trinajstić information content (AvgIpc) is 2.74. The fraction of sp³-hybridized carbons (Fsp3) is 0.100. The van der Waals surface area contributed by atoms with E-state index in [1.807, 2.05) is 0 Å². The first-order chi connectivity index (χ1) is 7.77. The van der Waals surface area contributed by atoms with Gasteiger partial charge in [0.1, 0.15) is 0 Å². The number of hydrogen-bond acceptors (Lipinski definition) is 5. The molecule has 6 heteroatoms. The van der Waals surface area contributed by atoms with Crippen LogP contribution in [0, 0.1) is 28.6 Å². The Morgan fingerprint density at radius 3 is 2.81 bits per heavy atom. The molecule has 6 nitrogen and oxygen atoms in total. The minimum Gasteiger partial charge on any atom is -0.291 e. The molecule has 0 aliphatic rings. The molecule has 0 saturated heterocycles. The van der Waals surface area contributed by atoms with Crippen LogP contribution in [0.25, 0.3) is 5.52 Å². The van der Waals surface area contributed by atoms with Crippen molar-refractivity contribution < 1.29 is 4.79 Å². The van der Waals surface area contributed by atoms with Gasteiger partial charge in [-0.1, -0.05) is 0 Å². The lowest BCUT2D eigenvalue weighted by Gasteiger charge is -1.97. The number of ketones is 1. The standard InChI is InChI=1S/C10H5N5O/c11-3-7(4-12)10(16)8-5-14-15-2-1-13-6-9(8)15/h1-2,5-7H. The second kappa shape index (κ2) is 3.79. The van der Waals surface area contributed by atoms with E-state index in [1.165, 1.54) is 23.1 Å². The normalized spacial score (nSPS) is 9.94.